The maximum absolute atomic E-state index is 14.8. The van der Waals surface area contributed by atoms with Crippen molar-refractivity contribution in [3.05, 3.63) is 103 Å². The Morgan fingerprint density at radius 3 is 1.54 bits per heavy atom. The summed E-state index contributed by atoms with van der Waals surface area (Å²) >= 11 is 0. The van der Waals surface area contributed by atoms with Gasteiger partial charge in [-0.25, -0.2) is 24.0 Å². The highest BCUT2D eigenvalue weighted by molar-refractivity contribution is 6.09. The Balaban J connectivity index is 1.37. The number of benzene rings is 5. The van der Waals surface area contributed by atoms with Crippen LogP contribution in [0.1, 0.15) is 90.7 Å². The minimum absolute atomic E-state index is 0.00178. The number of hydrogen-bond acceptors (Lipinski definition) is 19. The Labute approximate surface area is 379 Å². The highest BCUT2D eigenvalue weighted by atomic mass is 16.7. The van der Waals surface area contributed by atoms with Crippen LogP contribution >= 0.6 is 0 Å². The monoisotopic (exact) mass is 922 g/mol. The molecule has 19 heteroatoms. The predicted molar refractivity (Wildman–Crippen MR) is 229 cm³/mol. The van der Waals surface area contributed by atoms with Gasteiger partial charge in [-0.15, -0.1) is 0 Å². The van der Waals surface area contributed by atoms with Crippen molar-refractivity contribution in [2.75, 3.05) is 6.61 Å². The van der Waals surface area contributed by atoms with E-state index in [-0.39, 0.29) is 33.4 Å². The molecule has 3 aliphatic rings. The Bertz CT molecular complexity index is 3020. The number of phenols is 8. The van der Waals surface area contributed by atoms with Crippen LogP contribution in [0.2, 0.25) is 0 Å². The van der Waals surface area contributed by atoms with E-state index in [1.807, 2.05) is 6.92 Å². The number of carbonyl (C=O) groups is 5. The summed E-state index contributed by atoms with van der Waals surface area (Å²) in [5, 5.41) is 87.9. The fourth-order valence-corrected chi connectivity index (χ4v) is 8.48. The van der Waals surface area contributed by atoms with Gasteiger partial charge in [-0.2, -0.15) is 0 Å². The van der Waals surface area contributed by atoms with E-state index in [1.54, 1.807) is 20.8 Å². The van der Waals surface area contributed by atoms with E-state index in [9.17, 15) is 64.8 Å². The summed E-state index contributed by atoms with van der Waals surface area (Å²) in [6.07, 6.45) is -10.2. The van der Waals surface area contributed by atoms with Crippen LogP contribution in [-0.2, 0) is 28.4 Å². The maximum Gasteiger partial charge on any atom is 0.340 e. The zero-order valence-corrected chi connectivity index (χ0v) is 36.6. The van der Waals surface area contributed by atoms with Crippen LogP contribution in [0.3, 0.4) is 0 Å². The third-order valence-corrected chi connectivity index (χ3v) is 12.5. The molecule has 5 atom stereocenters. The lowest BCUT2D eigenvalue weighted by atomic mass is 9.87. The number of rotatable bonds is 2. The first kappa shape index (κ1) is 45.4. The summed E-state index contributed by atoms with van der Waals surface area (Å²) in [6, 6.07) is 6.80. The van der Waals surface area contributed by atoms with E-state index in [2.05, 4.69) is 0 Å². The third kappa shape index (κ3) is 7.32. The van der Waals surface area contributed by atoms with Crippen molar-refractivity contribution in [2.45, 2.75) is 79.2 Å². The molecule has 0 aromatic heterocycles. The summed E-state index contributed by atoms with van der Waals surface area (Å²) in [4.78, 5) is 72.3. The number of hydrogen-bond donors (Lipinski definition) is 8. The summed E-state index contributed by atoms with van der Waals surface area (Å²) in [5.41, 5.74) is -2.07. The van der Waals surface area contributed by atoms with E-state index in [0.29, 0.717) is 22.8 Å². The molecule has 8 rings (SSSR count). The highest BCUT2D eigenvalue weighted by Gasteiger charge is 2.56. The standard InChI is InChI=1S/C48H42O19/c1-15-8-22(9-16(2)19(15)5)43(57)67-48-42-41(65-47(61)25-12-27(49)35(52)21(7)30(25)31-23(46(60)66-42)10-17(3)20(6)36(31)53)40-29(63-48)14-62-44(58)26-13-28(50)37(54)39(56)33(26)32-24(45(59)64-40)11-18(4)34(51)38(32)55/h8-13,29,40-42,48-56H,14H2,1-7H3. The first-order valence-electron chi connectivity index (χ1n) is 20.5. The predicted octanol–water partition coefficient (Wildman–Crippen LogP) is 5.87. The molecular formula is C48H42O19. The fourth-order valence-electron chi connectivity index (χ4n) is 8.48. The molecule has 0 amide bonds. The van der Waals surface area contributed by atoms with Gasteiger partial charge < -0.3 is 69.3 Å². The van der Waals surface area contributed by atoms with Gasteiger partial charge in [-0.05, 0) is 118 Å². The van der Waals surface area contributed by atoms with E-state index in [1.165, 1.54) is 39.0 Å². The van der Waals surface area contributed by atoms with Crippen LogP contribution in [0.25, 0.3) is 22.3 Å². The fraction of sp³-hybridized carbons (Fsp3) is 0.271. The molecule has 0 spiro atoms. The Hall–Kier alpha value is -8.19. The summed E-state index contributed by atoms with van der Waals surface area (Å²) in [5.74, 6) is -14.0. The van der Waals surface area contributed by atoms with E-state index in [4.69, 9.17) is 28.4 Å². The highest BCUT2D eigenvalue weighted by Crippen LogP contribution is 2.52. The molecule has 67 heavy (non-hydrogen) atoms. The lowest BCUT2D eigenvalue weighted by Gasteiger charge is -2.44. The molecule has 0 aliphatic carbocycles. The lowest BCUT2D eigenvalue weighted by Crippen LogP contribution is -2.63. The molecule has 3 aliphatic heterocycles. The van der Waals surface area contributed by atoms with Gasteiger partial charge in [0.1, 0.15) is 18.5 Å². The molecule has 0 saturated carbocycles. The number of carbonyl (C=O) groups excluding carboxylic acids is 5. The molecule has 8 N–H and O–H groups in total. The average Bonchev–Trinajstić information content (AvgIpc) is 3.29. The molecule has 5 unspecified atom stereocenters. The number of aromatic hydroxyl groups is 8. The van der Waals surface area contributed by atoms with Crippen LogP contribution in [-0.4, -0.2) is 108 Å². The second-order valence-electron chi connectivity index (χ2n) is 16.6. The van der Waals surface area contributed by atoms with E-state index in [0.717, 1.165) is 17.7 Å². The number of ether oxygens (including phenoxy) is 6. The average molecular weight is 923 g/mol. The SMILES string of the molecule is Cc1cc(C(=O)OC2OC3COC(=O)c4cc(O)c(O)c(O)c4-c4c(cc(C)c(O)c4O)C(=O)OC3C3OC(=O)c4cc(O)c(O)c(C)c4-c4c(cc(C)c(C)c4O)C(=O)OC23)cc(C)c1C. The minimum atomic E-state index is -2.12. The normalized spacial score (nSPS) is 20.1. The van der Waals surface area contributed by atoms with Crippen LogP contribution in [0.5, 0.6) is 46.0 Å². The molecule has 5 aromatic carbocycles. The Morgan fingerprint density at radius 2 is 0.940 bits per heavy atom. The van der Waals surface area contributed by atoms with Gasteiger partial charge in [0.25, 0.3) is 0 Å². The second kappa shape index (κ2) is 16.4. The van der Waals surface area contributed by atoms with Gasteiger partial charge in [0, 0.05) is 27.8 Å². The molecule has 3 heterocycles. The molecular weight excluding hydrogens is 881 g/mol. The Kier molecular flexibility index (Phi) is 11.1. The van der Waals surface area contributed by atoms with E-state index < -0.39 is 147 Å². The second-order valence-corrected chi connectivity index (χ2v) is 16.6. The van der Waals surface area contributed by atoms with Crippen LogP contribution in [0.15, 0.2) is 36.4 Å². The van der Waals surface area contributed by atoms with Crippen LogP contribution in [0.4, 0.5) is 0 Å². The first-order valence-corrected chi connectivity index (χ1v) is 20.5. The number of esters is 5. The van der Waals surface area contributed by atoms with Crippen molar-refractivity contribution in [3.8, 4) is 68.2 Å². The van der Waals surface area contributed by atoms with Crippen molar-refractivity contribution >= 4 is 29.8 Å². The van der Waals surface area contributed by atoms with Crippen molar-refractivity contribution < 1.29 is 93.2 Å². The zero-order chi connectivity index (χ0) is 48.8. The quantitative estimate of drug-likeness (QED) is 0.0583. The Morgan fingerprint density at radius 1 is 0.478 bits per heavy atom. The van der Waals surface area contributed by atoms with Gasteiger partial charge >= 0.3 is 29.8 Å². The first-order chi connectivity index (χ1) is 31.5. The topological polar surface area (TPSA) is 303 Å². The van der Waals surface area contributed by atoms with Crippen molar-refractivity contribution in [1.82, 2.24) is 0 Å². The molecule has 0 radical (unpaired) electrons. The number of phenolic OH excluding ortho intramolecular Hbond substituents is 8. The van der Waals surface area contributed by atoms with Gasteiger partial charge in [0.15, 0.2) is 46.7 Å². The molecule has 19 nitrogen and oxygen atoms in total. The summed E-state index contributed by atoms with van der Waals surface area (Å²) in [6.45, 7) is 9.98. The number of aryl methyl sites for hydroxylation is 4. The van der Waals surface area contributed by atoms with Gasteiger partial charge in [0.2, 0.25) is 18.1 Å². The van der Waals surface area contributed by atoms with Gasteiger partial charge in [-0.1, -0.05) is 0 Å². The van der Waals surface area contributed by atoms with Crippen molar-refractivity contribution in [2.24, 2.45) is 0 Å². The summed E-state index contributed by atoms with van der Waals surface area (Å²) < 4.78 is 35.8. The number of fused-ring (bicyclic) bond motifs is 9. The minimum Gasteiger partial charge on any atom is -0.507 e. The van der Waals surface area contributed by atoms with Crippen LogP contribution in [0, 0.1) is 48.5 Å². The van der Waals surface area contributed by atoms with Crippen LogP contribution < -0.4 is 0 Å². The van der Waals surface area contributed by atoms with Gasteiger partial charge in [-0.3, -0.25) is 0 Å². The molecule has 1 saturated heterocycles. The zero-order valence-electron chi connectivity index (χ0n) is 36.6. The van der Waals surface area contributed by atoms with E-state index >= 15 is 0 Å². The smallest absolute Gasteiger partial charge is 0.340 e. The maximum atomic E-state index is 14.8. The van der Waals surface area contributed by atoms with Crippen molar-refractivity contribution in [3.63, 3.8) is 0 Å². The largest absolute Gasteiger partial charge is 0.507 e. The summed E-state index contributed by atoms with van der Waals surface area (Å²) in [7, 11) is 0. The number of cyclic esters (lactones) is 1. The lowest BCUT2D eigenvalue weighted by molar-refractivity contribution is -0.282. The molecule has 5 aromatic rings. The third-order valence-electron chi connectivity index (χ3n) is 12.5. The molecule has 0 bridgehead atoms. The van der Waals surface area contributed by atoms with Crippen molar-refractivity contribution in [1.29, 1.82) is 0 Å². The van der Waals surface area contributed by atoms with Gasteiger partial charge in [0.05, 0.1) is 27.8 Å². The molecule has 1 fully saturated rings. The molecule has 348 valence electrons.